The van der Waals surface area contributed by atoms with Gasteiger partial charge in [-0.3, -0.25) is 4.79 Å². The maximum Gasteiger partial charge on any atom is 0.196 e. The summed E-state index contributed by atoms with van der Waals surface area (Å²) in [5, 5.41) is 4.56. The molecule has 2 aromatic heterocycles. The van der Waals surface area contributed by atoms with Gasteiger partial charge in [0.05, 0.1) is 16.0 Å². The fraction of sp³-hybridized carbons (Fsp3) is 0.333. The van der Waals surface area contributed by atoms with Crippen LogP contribution in [-0.2, 0) is 4.79 Å². The fourth-order valence-corrected chi connectivity index (χ4v) is 5.33. The van der Waals surface area contributed by atoms with Crippen molar-refractivity contribution in [2.24, 2.45) is 0 Å². The Morgan fingerprint density at radius 2 is 1.97 bits per heavy atom. The van der Waals surface area contributed by atoms with E-state index in [1.165, 1.54) is 6.33 Å². The van der Waals surface area contributed by atoms with E-state index in [2.05, 4.69) is 25.2 Å². The second-order valence-electron chi connectivity index (χ2n) is 9.83. The van der Waals surface area contributed by atoms with Gasteiger partial charge in [0.2, 0.25) is 0 Å². The summed E-state index contributed by atoms with van der Waals surface area (Å²) < 4.78 is 5.86. The molecule has 0 bridgehead atoms. The van der Waals surface area contributed by atoms with Crippen LogP contribution in [-0.4, -0.2) is 57.6 Å². The number of nitrogens with one attached hydrogen (secondary N) is 2. The molecule has 4 aromatic rings. The fourth-order valence-electron chi connectivity index (χ4n) is 5.07. The number of carbonyl (C=O) groups is 2. The predicted octanol–water partition coefficient (Wildman–Crippen LogP) is 6.27. The Morgan fingerprint density at radius 1 is 1.10 bits per heavy atom. The van der Waals surface area contributed by atoms with E-state index in [1.54, 1.807) is 24.4 Å². The number of fused-ring (bicyclic) bond motifs is 1. The van der Waals surface area contributed by atoms with E-state index >= 15 is 0 Å². The first-order valence-electron chi connectivity index (χ1n) is 13.4. The zero-order valence-electron chi connectivity index (χ0n) is 21.7. The number of ketones is 1. The van der Waals surface area contributed by atoms with Crippen LogP contribution in [0.25, 0.3) is 11.0 Å². The van der Waals surface area contributed by atoms with Gasteiger partial charge < -0.3 is 24.7 Å². The number of aromatic nitrogens is 3. The second kappa shape index (κ2) is 12.9. The molecule has 0 radical (unpaired) electrons. The molecule has 0 aliphatic carbocycles. The molecule has 0 saturated carbocycles. The Balaban J connectivity index is 1.30. The van der Waals surface area contributed by atoms with Gasteiger partial charge in [0.1, 0.15) is 35.6 Å². The van der Waals surface area contributed by atoms with Crippen molar-refractivity contribution in [1.82, 2.24) is 19.9 Å². The largest absolute Gasteiger partial charge is 0.457 e. The standard InChI is InChI=1S/C30H32ClN5O3/c31-26-17-23(39-22-10-4-3-5-11-22)12-13-24(26)28(38)25-18-32-29-27(25)30(34-20-33-29)35-21-9-8-15-36(19-21)14-6-1-2-7-16-37/h3-5,10-13,16-18,20-21H,1-2,6-9,14-15,19H2,(H2,32,33,34,35)/t21-/m1/s1. The molecule has 202 valence electrons. The molecule has 2 aromatic carbocycles. The van der Waals surface area contributed by atoms with Gasteiger partial charge in [-0.05, 0) is 63.0 Å². The van der Waals surface area contributed by atoms with Crippen LogP contribution in [0.15, 0.2) is 61.1 Å². The number of likely N-dealkylation sites (tertiary alicyclic amines) is 1. The highest BCUT2D eigenvalue weighted by Crippen LogP contribution is 2.32. The molecule has 5 rings (SSSR count). The molecule has 39 heavy (non-hydrogen) atoms. The van der Waals surface area contributed by atoms with Gasteiger partial charge in [-0.2, -0.15) is 0 Å². The number of rotatable bonds is 12. The van der Waals surface area contributed by atoms with Crippen LogP contribution in [0.1, 0.15) is 54.4 Å². The number of hydrogen-bond acceptors (Lipinski definition) is 7. The summed E-state index contributed by atoms with van der Waals surface area (Å²) in [4.78, 5) is 38.6. The van der Waals surface area contributed by atoms with E-state index in [1.807, 2.05) is 30.3 Å². The molecule has 1 atom stereocenters. The first kappa shape index (κ1) is 26.8. The first-order valence-corrected chi connectivity index (χ1v) is 13.8. The van der Waals surface area contributed by atoms with E-state index in [4.69, 9.17) is 16.3 Å². The normalized spacial score (nSPS) is 15.8. The molecule has 1 saturated heterocycles. The number of halogens is 1. The number of aromatic amines is 1. The molecular formula is C30H32ClN5O3. The van der Waals surface area contributed by atoms with Crippen molar-refractivity contribution in [3.8, 4) is 11.5 Å². The lowest BCUT2D eigenvalue weighted by Gasteiger charge is -2.33. The summed E-state index contributed by atoms with van der Waals surface area (Å²) in [6.45, 7) is 3.00. The molecule has 0 spiro atoms. The van der Waals surface area contributed by atoms with Crippen LogP contribution in [0.4, 0.5) is 5.82 Å². The van der Waals surface area contributed by atoms with Crippen molar-refractivity contribution >= 4 is 40.5 Å². The van der Waals surface area contributed by atoms with Gasteiger partial charge in [0.25, 0.3) is 0 Å². The SMILES string of the molecule is O=CCCCCCN1CCC[C@@H](Nc2ncnc3[nH]cc(C(=O)c4ccc(Oc5ccccc5)cc4Cl)c23)C1. The summed E-state index contributed by atoms with van der Waals surface area (Å²) in [5.41, 5.74) is 1.44. The summed E-state index contributed by atoms with van der Waals surface area (Å²) in [6, 6.07) is 14.7. The van der Waals surface area contributed by atoms with Crippen molar-refractivity contribution in [3.05, 3.63) is 77.2 Å². The summed E-state index contributed by atoms with van der Waals surface area (Å²) in [6.07, 6.45) is 10.0. The van der Waals surface area contributed by atoms with E-state index in [9.17, 15) is 9.59 Å². The predicted molar refractivity (Wildman–Crippen MR) is 153 cm³/mol. The molecule has 1 fully saturated rings. The average Bonchev–Trinajstić information content (AvgIpc) is 3.39. The lowest BCUT2D eigenvalue weighted by Crippen LogP contribution is -2.42. The number of unbranched alkanes of at least 4 members (excludes halogenated alkanes) is 3. The number of ether oxygens (including phenoxy) is 1. The molecule has 8 nitrogen and oxygen atoms in total. The summed E-state index contributed by atoms with van der Waals surface area (Å²) in [7, 11) is 0. The maximum atomic E-state index is 13.6. The summed E-state index contributed by atoms with van der Waals surface area (Å²) in [5.74, 6) is 1.67. The number of para-hydroxylation sites is 1. The van der Waals surface area contributed by atoms with Gasteiger partial charge in [-0.25, -0.2) is 9.97 Å². The number of benzene rings is 2. The number of piperidine rings is 1. The minimum absolute atomic E-state index is 0.211. The number of anilines is 1. The minimum atomic E-state index is -0.212. The van der Waals surface area contributed by atoms with E-state index in [0.717, 1.165) is 58.0 Å². The number of aldehydes is 1. The van der Waals surface area contributed by atoms with Crippen LogP contribution in [0, 0.1) is 0 Å². The number of carbonyl (C=O) groups excluding carboxylic acids is 2. The van der Waals surface area contributed by atoms with Gasteiger partial charge in [0, 0.05) is 36.8 Å². The number of hydrogen-bond donors (Lipinski definition) is 2. The molecular weight excluding hydrogens is 514 g/mol. The molecule has 2 N–H and O–H groups in total. The number of H-pyrrole nitrogens is 1. The van der Waals surface area contributed by atoms with Crippen molar-refractivity contribution in [3.63, 3.8) is 0 Å². The molecule has 9 heteroatoms. The lowest BCUT2D eigenvalue weighted by atomic mass is 10.0. The Bertz CT molecular complexity index is 1420. The molecule has 3 heterocycles. The summed E-state index contributed by atoms with van der Waals surface area (Å²) >= 11 is 6.56. The van der Waals surface area contributed by atoms with E-state index in [0.29, 0.717) is 50.9 Å². The van der Waals surface area contributed by atoms with Gasteiger partial charge in [-0.15, -0.1) is 0 Å². The molecule has 1 aliphatic rings. The van der Waals surface area contributed by atoms with Crippen molar-refractivity contribution in [1.29, 1.82) is 0 Å². The highest BCUT2D eigenvalue weighted by Gasteiger charge is 2.24. The van der Waals surface area contributed by atoms with Gasteiger partial charge in [-0.1, -0.05) is 36.2 Å². The van der Waals surface area contributed by atoms with E-state index in [-0.39, 0.29) is 11.8 Å². The Kier molecular flexibility index (Phi) is 8.85. The van der Waals surface area contributed by atoms with Gasteiger partial charge in [0.15, 0.2) is 5.78 Å². The van der Waals surface area contributed by atoms with Crippen LogP contribution in [0.5, 0.6) is 11.5 Å². The van der Waals surface area contributed by atoms with Crippen LogP contribution >= 0.6 is 11.6 Å². The smallest absolute Gasteiger partial charge is 0.196 e. The van der Waals surface area contributed by atoms with Crippen molar-refractivity contribution in [2.75, 3.05) is 25.0 Å². The Morgan fingerprint density at radius 3 is 2.79 bits per heavy atom. The Labute approximate surface area is 232 Å². The van der Waals surface area contributed by atoms with Crippen molar-refractivity contribution in [2.45, 2.75) is 44.6 Å². The molecule has 0 amide bonds. The highest BCUT2D eigenvalue weighted by atomic mass is 35.5. The zero-order chi connectivity index (χ0) is 27.0. The zero-order valence-corrected chi connectivity index (χ0v) is 22.5. The van der Waals surface area contributed by atoms with Gasteiger partial charge >= 0.3 is 0 Å². The third-order valence-electron chi connectivity index (χ3n) is 7.02. The van der Waals surface area contributed by atoms with Crippen molar-refractivity contribution < 1.29 is 14.3 Å². The van der Waals surface area contributed by atoms with Crippen LogP contribution < -0.4 is 10.1 Å². The molecule has 1 aliphatic heterocycles. The quantitative estimate of drug-likeness (QED) is 0.123. The Hall–Kier alpha value is -3.75. The second-order valence-corrected chi connectivity index (χ2v) is 10.2. The third-order valence-corrected chi connectivity index (χ3v) is 7.33. The lowest BCUT2D eigenvalue weighted by molar-refractivity contribution is -0.107. The monoisotopic (exact) mass is 545 g/mol. The third kappa shape index (κ3) is 6.64. The average molecular weight is 546 g/mol. The van der Waals surface area contributed by atoms with Crippen LogP contribution in [0.2, 0.25) is 5.02 Å². The minimum Gasteiger partial charge on any atom is -0.457 e. The maximum absolute atomic E-state index is 13.6. The topological polar surface area (TPSA) is 100 Å². The number of nitrogens with zero attached hydrogens (tertiary/aromatic N) is 3. The van der Waals surface area contributed by atoms with Crippen LogP contribution in [0.3, 0.4) is 0 Å². The first-order chi connectivity index (χ1) is 19.1. The highest BCUT2D eigenvalue weighted by molar-refractivity contribution is 6.35. The van der Waals surface area contributed by atoms with E-state index < -0.39 is 0 Å². The molecule has 0 unspecified atom stereocenters.